The molecule has 3 atom stereocenters. The third-order valence-electron chi connectivity index (χ3n) is 5.98. The molecular weight excluding hydrogens is 310 g/mol. The van der Waals surface area contributed by atoms with Crippen LogP contribution >= 0.6 is 0 Å². The highest BCUT2D eigenvalue weighted by Gasteiger charge is 2.43. The third kappa shape index (κ3) is 5.61. The van der Waals surface area contributed by atoms with Gasteiger partial charge in [-0.25, -0.2) is 0 Å². The standard InChI is InChI=1S/C21H41NOSi/c1-10-11-12-13-14-19-18(15-22(7)20(19)17(2)3)16-23-24(8,9)21(4,5)6/h17-20H,10-12,15-16H2,1-9H3/t18-,19+,20-/m0/s1. The Bertz CT molecular complexity index is 441. The first-order valence-corrected chi connectivity index (χ1v) is 12.7. The predicted molar refractivity (Wildman–Crippen MR) is 109 cm³/mol. The fraction of sp³-hybridized carbons (Fsp3) is 0.905. The lowest BCUT2D eigenvalue weighted by molar-refractivity contribution is 0.214. The highest BCUT2D eigenvalue weighted by atomic mass is 28.4. The summed E-state index contributed by atoms with van der Waals surface area (Å²) >= 11 is 0. The van der Waals surface area contributed by atoms with Gasteiger partial charge in [0.05, 0.1) is 0 Å². The maximum atomic E-state index is 6.56. The van der Waals surface area contributed by atoms with Gasteiger partial charge in [-0.15, -0.1) is 5.92 Å². The van der Waals surface area contributed by atoms with E-state index in [2.05, 4.69) is 78.4 Å². The summed E-state index contributed by atoms with van der Waals surface area (Å²) in [4.78, 5) is 2.52. The lowest BCUT2D eigenvalue weighted by Crippen LogP contribution is -2.42. The van der Waals surface area contributed by atoms with Gasteiger partial charge >= 0.3 is 0 Å². The van der Waals surface area contributed by atoms with E-state index in [1.807, 2.05) is 0 Å². The second kappa shape index (κ2) is 8.88. The predicted octanol–water partition coefficient (Wildman–Crippen LogP) is 5.40. The molecule has 0 amide bonds. The van der Waals surface area contributed by atoms with E-state index < -0.39 is 8.32 Å². The second-order valence-corrected chi connectivity index (χ2v) is 14.3. The quantitative estimate of drug-likeness (QED) is 0.361. The second-order valence-electron chi connectivity index (χ2n) is 9.46. The van der Waals surface area contributed by atoms with E-state index >= 15 is 0 Å². The van der Waals surface area contributed by atoms with Crippen molar-refractivity contribution in [3.63, 3.8) is 0 Å². The summed E-state index contributed by atoms with van der Waals surface area (Å²) < 4.78 is 6.56. The van der Waals surface area contributed by atoms with Crippen LogP contribution in [0.4, 0.5) is 0 Å². The van der Waals surface area contributed by atoms with Crippen LogP contribution in [-0.2, 0) is 4.43 Å². The molecule has 1 aliphatic heterocycles. The molecule has 1 saturated heterocycles. The minimum atomic E-state index is -1.68. The Morgan fingerprint density at radius 3 is 2.38 bits per heavy atom. The molecule has 1 aliphatic rings. The molecule has 0 aromatic heterocycles. The third-order valence-corrected chi connectivity index (χ3v) is 10.5. The van der Waals surface area contributed by atoms with Crippen LogP contribution in [0.1, 0.15) is 60.8 Å². The topological polar surface area (TPSA) is 12.5 Å². The smallest absolute Gasteiger partial charge is 0.191 e. The zero-order chi connectivity index (χ0) is 18.5. The van der Waals surface area contributed by atoms with Crippen LogP contribution in [0.25, 0.3) is 0 Å². The SMILES string of the molecule is CCCCC#C[C@@H]1[C@H](CO[Si](C)(C)C(C)(C)C)CN(C)[C@H]1C(C)C. The monoisotopic (exact) mass is 351 g/mol. The van der Waals surface area contributed by atoms with Crippen molar-refractivity contribution in [2.24, 2.45) is 17.8 Å². The van der Waals surface area contributed by atoms with Crippen molar-refractivity contribution in [3.8, 4) is 11.8 Å². The maximum absolute atomic E-state index is 6.56. The molecule has 0 unspecified atom stereocenters. The molecule has 0 spiro atoms. The molecular formula is C21H41NOSi. The fourth-order valence-corrected chi connectivity index (χ4v) is 4.49. The van der Waals surface area contributed by atoms with Gasteiger partial charge in [-0.3, -0.25) is 0 Å². The largest absolute Gasteiger partial charge is 0.416 e. The average molecular weight is 352 g/mol. The van der Waals surface area contributed by atoms with Crippen molar-refractivity contribution in [1.82, 2.24) is 4.90 Å². The van der Waals surface area contributed by atoms with Gasteiger partial charge in [-0.1, -0.05) is 53.9 Å². The molecule has 0 bridgehead atoms. The molecule has 0 radical (unpaired) electrons. The van der Waals surface area contributed by atoms with E-state index in [0.29, 0.717) is 23.8 Å². The highest BCUT2D eigenvalue weighted by molar-refractivity contribution is 6.74. The molecule has 1 fully saturated rings. The maximum Gasteiger partial charge on any atom is 0.191 e. The van der Waals surface area contributed by atoms with E-state index in [1.165, 1.54) is 12.8 Å². The molecule has 1 heterocycles. The summed E-state index contributed by atoms with van der Waals surface area (Å²) in [7, 11) is 0.578. The Hall–Kier alpha value is -0.303. The Kier molecular flexibility index (Phi) is 8.04. The summed E-state index contributed by atoms with van der Waals surface area (Å²) in [6.07, 6.45) is 3.48. The van der Waals surface area contributed by atoms with Gasteiger partial charge in [-0.05, 0) is 37.5 Å². The molecule has 2 nitrogen and oxygen atoms in total. The van der Waals surface area contributed by atoms with Gasteiger partial charge in [-0.2, -0.15) is 0 Å². The lowest BCUT2D eigenvalue weighted by Gasteiger charge is -2.37. The van der Waals surface area contributed by atoms with E-state index in [0.717, 1.165) is 19.6 Å². The summed E-state index contributed by atoms with van der Waals surface area (Å²) in [6, 6.07) is 0.562. The number of unbranched alkanes of at least 4 members (excludes halogenated alkanes) is 2. The Morgan fingerprint density at radius 1 is 1.25 bits per heavy atom. The highest BCUT2D eigenvalue weighted by Crippen LogP contribution is 2.39. The zero-order valence-corrected chi connectivity index (χ0v) is 18.7. The molecule has 24 heavy (non-hydrogen) atoms. The van der Waals surface area contributed by atoms with Crippen molar-refractivity contribution in [2.75, 3.05) is 20.2 Å². The van der Waals surface area contributed by atoms with Crippen LogP contribution in [0.2, 0.25) is 18.1 Å². The van der Waals surface area contributed by atoms with Crippen molar-refractivity contribution in [1.29, 1.82) is 0 Å². The Labute approximate surface area is 152 Å². The van der Waals surface area contributed by atoms with Crippen LogP contribution in [-0.4, -0.2) is 39.5 Å². The van der Waals surface area contributed by atoms with Gasteiger partial charge in [0.15, 0.2) is 8.32 Å². The number of rotatable bonds is 6. The van der Waals surface area contributed by atoms with Gasteiger partial charge < -0.3 is 9.33 Å². The molecule has 0 aromatic carbocycles. The van der Waals surface area contributed by atoms with Crippen molar-refractivity contribution >= 4 is 8.32 Å². The number of nitrogens with zero attached hydrogens (tertiary/aromatic N) is 1. The van der Waals surface area contributed by atoms with Crippen LogP contribution in [0.15, 0.2) is 0 Å². The Morgan fingerprint density at radius 2 is 1.88 bits per heavy atom. The van der Waals surface area contributed by atoms with Crippen LogP contribution < -0.4 is 0 Å². The van der Waals surface area contributed by atoms with Gasteiger partial charge in [0, 0.05) is 37.5 Å². The first-order chi connectivity index (χ1) is 11.0. The number of likely N-dealkylation sites (tertiary alicyclic amines) is 1. The molecule has 3 heteroatoms. The van der Waals surface area contributed by atoms with Gasteiger partial charge in [0.25, 0.3) is 0 Å². The minimum absolute atomic E-state index is 0.275. The molecule has 1 rings (SSSR count). The molecule has 0 saturated carbocycles. The van der Waals surface area contributed by atoms with E-state index in [1.54, 1.807) is 0 Å². The van der Waals surface area contributed by atoms with Crippen molar-refractivity contribution in [2.45, 2.75) is 85.0 Å². The molecule has 0 aliphatic carbocycles. The van der Waals surface area contributed by atoms with Crippen molar-refractivity contribution in [3.05, 3.63) is 0 Å². The first-order valence-electron chi connectivity index (χ1n) is 9.83. The summed E-state index contributed by atoms with van der Waals surface area (Å²) in [5.74, 6) is 8.76. The minimum Gasteiger partial charge on any atom is -0.416 e. The van der Waals surface area contributed by atoms with Crippen molar-refractivity contribution < 1.29 is 4.43 Å². The van der Waals surface area contributed by atoms with Crippen LogP contribution in [0.5, 0.6) is 0 Å². The van der Waals surface area contributed by atoms with E-state index in [4.69, 9.17) is 4.43 Å². The zero-order valence-electron chi connectivity index (χ0n) is 17.7. The molecule has 140 valence electrons. The summed E-state index contributed by atoms with van der Waals surface area (Å²) in [5.41, 5.74) is 0. The molecule has 0 N–H and O–H groups in total. The van der Waals surface area contributed by atoms with Gasteiger partial charge in [0.2, 0.25) is 0 Å². The Balaban J connectivity index is 2.84. The van der Waals surface area contributed by atoms with E-state index in [9.17, 15) is 0 Å². The van der Waals surface area contributed by atoms with Gasteiger partial charge in [0.1, 0.15) is 0 Å². The lowest BCUT2D eigenvalue weighted by atomic mass is 9.86. The normalized spacial score (nSPS) is 25.8. The molecule has 0 aromatic rings. The average Bonchev–Trinajstić information content (AvgIpc) is 2.76. The van der Waals surface area contributed by atoms with E-state index in [-0.39, 0.29) is 5.04 Å². The number of hydrogen-bond donors (Lipinski definition) is 0. The van der Waals surface area contributed by atoms with Crippen LogP contribution in [0.3, 0.4) is 0 Å². The summed E-state index contributed by atoms with van der Waals surface area (Å²) in [6.45, 7) is 20.6. The summed E-state index contributed by atoms with van der Waals surface area (Å²) in [5, 5.41) is 0.275. The number of hydrogen-bond acceptors (Lipinski definition) is 2. The fourth-order valence-electron chi connectivity index (χ4n) is 3.43. The first kappa shape index (κ1) is 21.7. The van der Waals surface area contributed by atoms with Crippen LogP contribution in [0, 0.1) is 29.6 Å².